The second kappa shape index (κ2) is 6.75. The second-order valence-electron chi connectivity index (χ2n) is 8.01. The van der Waals surface area contributed by atoms with Gasteiger partial charge in [0, 0.05) is 11.1 Å². The number of hydrogen-bond acceptors (Lipinski definition) is 5. The lowest BCUT2D eigenvalue weighted by Crippen LogP contribution is -2.20. The molecule has 24 heavy (non-hydrogen) atoms. The van der Waals surface area contributed by atoms with Crippen molar-refractivity contribution in [1.82, 2.24) is 0 Å². The number of sulfone groups is 1. The molecular weight excluding hydrogens is 328 g/mol. The summed E-state index contributed by atoms with van der Waals surface area (Å²) < 4.78 is 29.8. The highest BCUT2D eigenvalue weighted by atomic mass is 32.2. The van der Waals surface area contributed by atoms with Gasteiger partial charge in [-0.15, -0.1) is 0 Å². The number of carbonyl (C=O) groups is 1. The van der Waals surface area contributed by atoms with Crippen LogP contribution in [0.3, 0.4) is 0 Å². The van der Waals surface area contributed by atoms with E-state index in [0.717, 1.165) is 0 Å². The Hall–Kier alpha value is -1.56. The number of phenols is 1. The summed E-state index contributed by atoms with van der Waals surface area (Å²) in [6, 6.07) is 3.02. The zero-order chi connectivity index (χ0) is 18.9. The van der Waals surface area contributed by atoms with Gasteiger partial charge in [0.05, 0.1) is 24.2 Å². The maximum absolute atomic E-state index is 12.6. The number of ether oxygens (including phenoxy) is 1. The number of carbonyl (C=O) groups excluding carboxylic acids is 1. The SMILES string of the molecule is COC(=O)CCS(=O)(=O)c1cc(C(C)(C)C)c(O)c(C(C)(C)C)c1. The van der Waals surface area contributed by atoms with Crippen molar-refractivity contribution in [2.45, 2.75) is 63.7 Å². The zero-order valence-electron chi connectivity index (χ0n) is 15.6. The van der Waals surface area contributed by atoms with E-state index in [9.17, 15) is 18.3 Å². The van der Waals surface area contributed by atoms with Crippen molar-refractivity contribution in [2.75, 3.05) is 12.9 Å². The van der Waals surface area contributed by atoms with Crippen molar-refractivity contribution < 1.29 is 23.1 Å². The number of hydrogen-bond donors (Lipinski definition) is 1. The molecule has 1 aromatic carbocycles. The van der Waals surface area contributed by atoms with Crippen molar-refractivity contribution in [3.8, 4) is 5.75 Å². The highest BCUT2D eigenvalue weighted by Crippen LogP contribution is 2.40. The maximum Gasteiger partial charge on any atom is 0.306 e. The van der Waals surface area contributed by atoms with Crippen LogP contribution >= 0.6 is 0 Å². The molecule has 136 valence electrons. The quantitative estimate of drug-likeness (QED) is 0.837. The van der Waals surface area contributed by atoms with Gasteiger partial charge < -0.3 is 9.84 Å². The van der Waals surface area contributed by atoms with Crippen LogP contribution < -0.4 is 0 Å². The molecule has 6 heteroatoms. The number of phenolic OH excluding ortho intramolecular Hbond substituents is 1. The van der Waals surface area contributed by atoms with Gasteiger partial charge in [0.25, 0.3) is 0 Å². The molecule has 0 heterocycles. The van der Waals surface area contributed by atoms with Gasteiger partial charge in [0.1, 0.15) is 5.75 Å². The van der Waals surface area contributed by atoms with Crippen molar-refractivity contribution in [2.24, 2.45) is 0 Å². The first-order chi connectivity index (χ1) is 10.7. The van der Waals surface area contributed by atoms with Crippen LogP contribution in [-0.2, 0) is 30.2 Å². The minimum Gasteiger partial charge on any atom is -0.507 e. The van der Waals surface area contributed by atoms with Gasteiger partial charge in [-0.1, -0.05) is 41.5 Å². The van der Waals surface area contributed by atoms with Gasteiger partial charge in [0.15, 0.2) is 9.84 Å². The highest BCUT2D eigenvalue weighted by molar-refractivity contribution is 7.91. The van der Waals surface area contributed by atoms with Crippen LogP contribution in [0, 0.1) is 0 Å². The lowest BCUT2D eigenvalue weighted by molar-refractivity contribution is -0.140. The fourth-order valence-electron chi connectivity index (χ4n) is 2.37. The van der Waals surface area contributed by atoms with E-state index in [2.05, 4.69) is 4.74 Å². The average Bonchev–Trinajstić information content (AvgIpc) is 2.42. The molecule has 0 unspecified atom stereocenters. The summed E-state index contributed by atoms with van der Waals surface area (Å²) in [7, 11) is -2.43. The number of benzene rings is 1. The summed E-state index contributed by atoms with van der Waals surface area (Å²) in [5.74, 6) is -0.760. The standard InChI is InChI=1S/C18H28O5S/c1-17(2,3)13-10-12(11-14(16(13)20)18(4,5)6)24(21,22)9-8-15(19)23-7/h10-11,20H,8-9H2,1-7H3. The van der Waals surface area contributed by atoms with Crippen LogP contribution in [0.5, 0.6) is 5.75 Å². The molecule has 1 rings (SSSR count). The van der Waals surface area contributed by atoms with E-state index in [0.29, 0.717) is 11.1 Å². The van der Waals surface area contributed by atoms with Crippen molar-refractivity contribution in [1.29, 1.82) is 0 Å². The van der Waals surface area contributed by atoms with Crippen molar-refractivity contribution in [3.63, 3.8) is 0 Å². The minimum absolute atomic E-state index is 0.124. The summed E-state index contributed by atoms with van der Waals surface area (Å²) in [5, 5.41) is 10.6. The van der Waals surface area contributed by atoms with Gasteiger partial charge in [-0.2, -0.15) is 0 Å². The molecule has 0 atom stereocenters. The third kappa shape index (κ3) is 4.72. The fourth-order valence-corrected chi connectivity index (χ4v) is 3.63. The predicted octanol–water partition coefficient (Wildman–Crippen LogP) is 3.32. The molecule has 0 saturated heterocycles. The Morgan fingerprint density at radius 2 is 1.46 bits per heavy atom. The molecule has 0 fully saturated rings. The minimum atomic E-state index is -3.66. The van der Waals surface area contributed by atoms with Gasteiger partial charge in [0.2, 0.25) is 0 Å². The predicted molar refractivity (Wildman–Crippen MR) is 94.2 cm³/mol. The van der Waals surface area contributed by atoms with Gasteiger partial charge in [-0.05, 0) is 23.0 Å². The molecule has 0 bridgehead atoms. The summed E-state index contributed by atoms with van der Waals surface area (Å²) in [4.78, 5) is 11.4. The van der Waals surface area contributed by atoms with Gasteiger partial charge in [-0.25, -0.2) is 8.42 Å². The van der Waals surface area contributed by atoms with Crippen LogP contribution in [0.25, 0.3) is 0 Å². The van der Waals surface area contributed by atoms with Crippen molar-refractivity contribution in [3.05, 3.63) is 23.3 Å². The molecule has 5 nitrogen and oxygen atoms in total. The normalized spacial score (nSPS) is 13.0. The van der Waals surface area contributed by atoms with Crippen LogP contribution in [0.4, 0.5) is 0 Å². The second-order valence-corrected chi connectivity index (χ2v) is 10.1. The maximum atomic E-state index is 12.6. The summed E-state index contributed by atoms with van der Waals surface area (Å²) in [6.45, 7) is 11.5. The van der Waals surface area contributed by atoms with E-state index in [1.54, 1.807) is 0 Å². The van der Waals surface area contributed by atoms with Crippen LogP contribution in [0.2, 0.25) is 0 Å². The molecule has 0 aromatic heterocycles. The average molecular weight is 356 g/mol. The Kier molecular flexibility index (Phi) is 5.76. The molecular formula is C18H28O5S. The number of aromatic hydroxyl groups is 1. The Morgan fingerprint density at radius 1 is 1.04 bits per heavy atom. The fraction of sp³-hybridized carbons (Fsp3) is 0.611. The number of esters is 1. The Morgan fingerprint density at radius 3 is 1.79 bits per heavy atom. The molecule has 0 aliphatic heterocycles. The largest absolute Gasteiger partial charge is 0.507 e. The van der Waals surface area contributed by atoms with E-state index in [1.807, 2.05) is 41.5 Å². The number of methoxy groups -OCH3 is 1. The molecule has 0 amide bonds. The topological polar surface area (TPSA) is 80.7 Å². The van der Waals surface area contributed by atoms with Crippen LogP contribution in [0.1, 0.15) is 59.1 Å². The summed E-state index contributed by atoms with van der Waals surface area (Å²) >= 11 is 0. The molecule has 1 aromatic rings. The number of rotatable bonds is 4. The molecule has 0 saturated carbocycles. The van der Waals surface area contributed by atoms with Crippen LogP contribution in [-0.4, -0.2) is 32.4 Å². The first kappa shape index (κ1) is 20.5. The van der Waals surface area contributed by atoms with E-state index in [4.69, 9.17) is 0 Å². The molecule has 0 aliphatic rings. The van der Waals surface area contributed by atoms with Gasteiger partial charge in [-0.3, -0.25) is 4.79 Å². The van der Waals surface area contributed by atoms with E-state index < -0.39 is 26.6 Å². The third-order valence-corrected chi connectivity index (χ3v) is 5.56. The molecule has 0 aliphatic carbocycles. The van der Waals surface area contributed by atoms with Crippen molar-refractivity contribution >= 4 is 15.8 Å². The Labute approximate surface area is 145 Å². The summed E-state index contributed by atoms with van der Waals surface area (Å²) in [6.07, 6.45) is -0.199. The summed E-state index contributed by atoms with van der Waals surface area (Å²) in [5.41, 5.74) is 0.314. The smallest absolute Gasteiger partial charge is 0.306 e. The van der Waals surface area contributed by atoms with Gasteiger partial charge >= 0.3 is 5.97 Å². The monoisotopic (exact) mass is 356 g/mol. The third-order valence-electron chi connectivity index (χ3n) is 3.86. The van der Waals surface area contributed by atoms with E-state index in [-0.39, 0.29) is 22.8 Å². The molecule has 0 spiro atoms. The zero-order valence-corrected chi connectivity index (χ0v) is 16.4. The van der Waals surface area contributed by atoms with E-state index in [1.165, 1.54) is 19.2 Å². The van der Waals surface area contributed by atoms with E-state index >= 15 is 0 Å². The molecule has 1 N–H and O–H groups in total. The Bertz CT molecular complexity index is 684. The first-order valence-electron chi connectivity index (χ1n) is 7.87. The first-order valence-corrected chi connectivity index (χ1v) is 9.53. The lowest BCUT2D eigenvalue weighted by Gasteiger charge is -2.28. The Balaban J connectivity index is 3.52. The molecule has 0 radical (unpaired) electrons. The lowest BCUT2D eigenvalue weighted by atomic mass is 9.79. The van der Waals surface area contributed by atoms with Crippen LogP contribution in [0.15, 0.2) is 17.0 Å². The highest BCUT2D eigenvalue weighted by Gasteiger charge is 2.29.